The van der Waals surface area contributed by atoms with Crippen LogP contribution >= 0.6 is 0 Å². The van der Waals surface area contributed by atoms with E-state index >= 15 is 0 Å². The van der Waals surface area contributed by atoms with Crippen LogP contribution in [0.4, 0.5) is 13.2 Å². The predicted octanol–water partition coefficient (Wildman–Crippen LogP) is 4.58. The average molecular weight is 456 g/mol. The van der Waals surface area contributed by atoms with E-state index in [-0.39, 0.29) is 19.0 Å². The molecule has 1 aromatic heterocycles. The maximum atomic E-state index is 13.0. The van der Waals surface area contributed by atoms with Crippen molar-refractivity contribution in [2.75, 3.05) is 6.54 Å². The van der Waals surface area contributed by atoms with E-state index in [4.69, 9.17) is 4.74 Å². The van der Waals surface area contributed by atoms with Gasteiger partial charge < -0.3 is 9.64 Å². The molecule has 178 valence electrons. The molecule has 9 heteroatoms. The van der Waals surface area contributed by atoms with Gasteiger partial charge in [0.15, 0.2) is 0 Å². The number of pyridine rings is 1. The number of carbonyl (C=O) groups is 2. The number of amides is 1. The highest BCUT2D eigenvalue weighted by molar-refractivity contribution is 5.95. The summed E-state index contributed by atoms with van der Waals surface area (Å²) in [5.74, 6) is -1.56. The van der Waals surface area contributed by atoms with Gasteiger partial charge >= 0.3 is 12.1 Å². The first-order chi connectivity index (χ1) is 14.8. The summed E-state index contributed by atoms with van der Waals surface area (Å²) < 4.78 is 44.7. The van der Waals surface area contributed by atoms with Crippen LogP contribution in [-0.4, -0.2) is 52.3 Å². The van der Waals surface area contributed by atoms with Crippen molar-refractivity contribution in [3.05, 3.63) is 30.1 Å². The molecule has 1 fully saturated rings. The van der Waals surface area contributed by atoms with Crippen LogP contribution in [0.5, 0.6) is 0 Å². The van der Waals surface area contributed by atoms with Crippen LogP contribution in [0.1, 0.15) is 59.6 Å². The minimum Gasteiger partial charge on any atom is -0.460 e. The van der Waals surface area contributed by atoms with Crippen molar-refractivity contribution in [3.63, 3.8) is 0 Å². The van der Waals surface area contributed by atoms with Crippen molar-refractivity contribution < 1.29 is 27.5 Å². The first-order valence-corrected chi connectivity index (χ1v) is 10.8. The Balaban J connectivity index is 2.41. The van der Waals surface area contributed by atoms with E-state index in [1.807, 2.05) is 13.0 Å². The zero-order chi connectivity index (χ0) is 24.1. The second-order valence-corrected chi connectivity index (χ2v) is 9.25. The van der Waals surface area contributed by atoms with Crippen LogP contribution in [0.15, 0.2) is 29.4 Å². The van der Waals surface area contributed by atoms with E-state index in [1.54, 1.807) is 46.0 Å². The van der Waals surface area contributed by atoms with E-state index in [2.05, 4.69) is 9.98 Å². The molecule has 1 saturated heterocycles. The Morgan fingerprint density at radius 3 is 2.50 bits per heavy atom. The summed E-state index contributed by atoms with van der Waals surface area (Å²) in [5, 5.41) is 0. The van der Waals surface area contributed by atoms with Crippen molar-refractivity contribution >= 4 is 17.6 Å². The fraction of sp³-hybridized carbons (Fsp3) is 0.652. The molecule has 0 saturated carbocycles. The Labute approximate surface area is 187 Å². The number of ether oxygens (including phenoxy) is 1. The van der Waals surface area contributed by atoms with E-state index in [1.165, 1.54) is 4.90 Å². The standard InChI is InChI=1S/C23H32F3N3O3/c1-6-16-11-18(28-13-17-9-7-8-10-27-17)20(15(2)32-21(31)22(3,4)5)29(14-16)19(30)12-23(24,25)26/h7-10,15-16,20H,6,11-14H2,1-5H3. The molecule has 1 aromatic rings. The number of likely N-dealkylation sites (tertiary alicyclic amines) is 1. The molecule has 0 spiro atoms. The highest BCUT2D eigenvalue weighted by Gasteiger charge is 2.43. The van der Waals surface area contributed by atoms with Gasteiger partial charge in [-0.1, -0.05) is 19.4 Å². The first-order valence-electron chi connectivity index (χ1n) is 10.8. The van der Waals surface area contributed by atoms with Crippen LogP contribution < -0.4 is 0 Å². The van der Waals surface area contributed by atoms with E-state index in [0.29, 0.717) is 24.2 Å². The Bertz CT molecular complexity index is 819. The third-order valence-electron chi connectivity index (χ3n) is 5.40. The number of hydrogen-bond donors (Lipinski definition) is 0. The molecule has 1 amide bonds. The van der Waals surface area contributed by atoms with Crippen molar-refractivity contribution in [1.82, 2.24) is 9.88 Å². The number of aromatic nitrogens is 1. The lowest BCUT2D eigenvalue weighted by molar-refractivity contribution is -0.170. The zero-order valence-corrected chi connectivity index (χ0v) is 19.3. The van der Waals surface area contributed by atoms with Gasteiger partial charge in [0.2, 0.25) is 5.91 Å². The largest absolute Gasteiger partial charge is 0.460 e. The molecule has 0 bridgehead atoms. The molecule has 1 aliphatic rings. The fourth-order valence-electron chi connectivity index (χ4n) is 3.62. The molecule has 3 atom stereocenters. The van der Waals surface area contributed by atoms with Crippen LogP contribution in [0, 0.1) is 11.3 Å². The number of esters is 1. The molecule has 0 radical (unpaired) electrons. The molecule has 2 rings (SSSR count). The monoisotopic (exact) mass is 455 g/mol. The number of alkyl halides is 3. The number of nitrogens with zero attached hydrogens (tertiary/aromatic N) is 3. The van der Waals surface area contributed by atoms with Crippen LogP contribution in [0.2, 0.25) is 0 Å². The Morgan fingerprint density at radius 1 is 1.28 bits per heavy atom. The first kappa shape index (κ1) is 25.8. The van der Waals surface area contributed by atoms with Crippen molar-refractivity contribution in [2.24, 2.45) is 16.3 Å². The van der Waals surface area contributed by atoms with E-state index in [0.717, 1.165) is 0 Å². The summed E-state index contributed by atoms with van der Waals surface area (Å²) in [5.41, 5.74) is 0.462. The summed E-state index contributed by atoms with van der Waals surface area (Å²) >= 11 is 0. The van der Waals surface area contributed by atoms with Gasteiger partial charge in [0, 0.05) is 18.5 Å². The molecule has 0 aromatic carbocycles. The zero-order valence-electron chi connectivity index (χ0n) is 19.3. The van der Waals surface area contributed by atoms with Crippen molar-refractivity contribution in [2.45, 2.75) is 78.7 Å². The van der Waals surface area contributed by atoms with Crippen LogP contribution in [0.3, 0.4) is 0 Å². The normalized spacial score (nSPS) is 22.0. The topological polar surface area (TPSA) is 71.9 Å². The lowest BCUT2D eigenvalue weighted by Gasteiger charge is -2.43. The minimum atomic E-state index is -4.63. The Hall–Kier alpha value is -2.45. The lowest BCUT2D eigenvalue weighted by Crippen LogP contribution is -2.58. The van der Waals surface area contributed by atoms with Crippen LogP contribution in [0.25, 0.3) is 0 Å². The third kappa shape index (κ3) is 7.31. The van der Waals surface area contributed by atoms with Gasteiger partial charge in [0.1, 0.15) is 18.6 Å². The van der Waals surface area contributed by atoms with Gasteiger partial charge in [-0.15, -0.1) is 0 Å². The number of hydrogen-bond acceptors (Lipinski definition) is 5. The summed E-state index contributed by atoms with van der Waals surface area (Å²) in [7, 11) is 0. The molecule has 3 unspecified atom stereocenters. The van der Waals surface area contributed by atoms with Gasteiger partial charge in [0.25, 0.3) is 0 Å². The van der Waals surface area contributed by atoms with E-state index in [9.17, 15) is 22.8 Å². The molecule has 32 heavy (non-hydrogen) atoms. The molecular weight excluding hydrogens is 423 g/mol. The van der Waals surface area contributed by atoms with Crippen LogP contribution in [-0.2, 0) is 20.9 Å². The predicted molar refractivity (Wildman–Crippen MR) is 115 cm³/mol. The van der Waals surface area contributed by atoms with Gasteiger partial charge in [-0.05, 0) is 52.2 Å². The van der Waals surface area contributed by atoms with Gasteiger partial charge in [0.05, 0.1) is 17.7 Å². The molecule has 0 N–H and O–H groups in total. The second-order valence-electron chi connectivity index (χ2n) is 9.25. The highest BCUT2D eigenvalue weighted by Crippen LogP contribution is 2.30. The fourth-order valence-corrected chi connectivity index (χ4v) is 3.62. The van der Waals surface area contributed by atoms with Gasteiger partial charge in [-0.2, -0.15) is 13.2 Å². The molecule has 0 aliphatic carbocycles. The molecular formula is C23H32F3N3O3. The Kier molecular flexibility index (Phi) is 8.42. The maximum Gasteiger partial charge on any atom is 0.397 e. The van der Waals surface area contributed by atoms with E-state index < -0.39 is 42.0 Å². The Morgan fingerprint density at radius 2 is 1.97 bits per heavy atom. The second kappa shape index (κ2) is 10.4. The summed E-state index contributed by atoms with van der Waals surface area (Å²) in [6.07, 6.45) is -4.21. The number of aliphatic imine (C=N–C) groups is 1. The minimum absolute atomic E-state index is 0.0311. The van der Waals surface area contributed by atoms with Gasteiger partial charge in [-0.25, -0.2) is 0 Å². The average Bonchev–Trinajstić information content (AvgIpc) is 2.70. The smallest absolute Gasteiger partial charge is 0.397 e. The summed E-state index contributed by atoms with van der Waals surface area (Å²) in [6, 6.07) is 4.54. The van der Waals surface area contributed by atoms with Crippen molar-refractivity contribution in [3.8, 4) is 0 Å². The quantitative estimate of drug-likeness (QED) is 0.589. The molecule has 6 nitrogen and oxygen atoms in total. The highest BCUT2D eigenvalue weighted by atomic mass is 19.4. The van der Waals surface area contributed by atoms with Gasteiger partial charge in [-0.3, -0.25) is 19.6 Å². The third-order valence-corrected chi connectivity index (χ3v) is 5.40. The lowest BCUT2D eigenvalue weighted by atomic mass is 9.86. The SMILES string of the molecule is CCC1CC(=NCc2ccccn2)C(C(C)OC(=O)C(C)(C)C)N(C(=O)CC(F)(F)F)C1. The summed E-state index contributed by atoms with van der Waals surface area (Å²) in [4.78, 5) is 35.2. The molecule has 2 heterocycles. The number of piperidine rings is 1. The number of carbonyl (C=O) groups excluding carboxylic acids is 2. The van der Waals surface area contributed by atoms with Crippen molar-refractivity contribution in [1.29, 1.82) is 0 Å². The maximum absolute atomic E-state index is 13.0. The number of rotatable bonds is 6. The number of halogens is 3. The molecule has 1 aliphatic heterocycles. The summed E-state index contributed by atoms with van der Waals surface area (Å²) in [6.45, 7) is 9.00.